The van der Waals surface area contributed by atoms with Crippen molar-refractivity contribution in [3.63, 3.8) is 0 Å². The first-order chi connectivity index (χ1) is 10.1. The van der Waals surface area contributed by atoms with E-state index in [0.717, 1.165) is 23.2 Å². The summed E-state index contributed by atoms with van der Waals surface area (Å²) in [4.78, 5) is 20.1. The predicted molar refractivity (Wildman–Crippen MR) is 83.9 cm³/mol. The van der Waals surface area contributed by atoms with Crippen LogP contribution in [-0.2, 0) is 0 Å². The molecule has 0 spiro atoms. The zero-order valence-corrected chi connectivity index (χ0v) is 12.6. The Bertz CT molecular complexity index is 640. The van der Waals surface area contributed by atoms with Gasteiger partial charge in [0.25, 0.3) is 5.91 Å². The maximum atomic E-state index is 11.9. The fourth-order valence-corrected chi connectivity index (χ4v) is 1.89. The molecule has 0 unspecified atom stereocenters. The van der Waals surface area contributed by atoms with Crippen LogP contribution in [0.25, 0.3) is 0 Å². The van der Waals surface area contributed by atoms with Gasteiger partial charge < -0.3 is 10.6 Å². The molecule has 2 N–H and O–H groups in total. The van der Waals surface area contributed by atoms with Gasteiger partial charge >= 0.3 is 0 Å². The molecular formula is C16H20N4O. The summed E-state index contributed by atoms with van der Waals surface area (Å²) in [6.45, 7) is 6.71. The highest BCUT2D eigenvalue weighted by atomic mass is 16.1. The van der Waals surface area contributed by atoms with Crippen LogP contribution < -0.4 is 10.6 Å². The molecule has 0 bridgehead atoms. The van der Waals surface area contributed by atoms with Crippen molar-refractivity contribution in [2.75, 3.05) is 11.9 Å². The van der Waals surface area contributed by atoms with E-state index < -0.39 is 0 Å². The highest BCUT2D eigenvalue weighted by molar-refractivity contribution is 5.92. The number of carbonyl (C=O) groups is 1. The Hall–Kier alpha value is -2.43. The highest BCUT2D eigenvalue weighted by Gasteiger charge is 2.08. The lowest BCUT2D eigenvalue weighted by atomic mass is 10.1. The van der Waals surface area contributed by atoms with E-state index >= 15 is 0 Å². The van der Waals surface area contributed by atoms with Gasteiger partial charge in [-0.25, -0.2) is 9.97 Å². The summed E-state index contributed by atoms with van der Waals surface area (Å²) in [5, 5.41) is 6.04. The van der Waals surface area contributed by atoms with Crippen molar-refractivity contribution in [3.8, 4) is 0 Å². The number of nitrogens with zero attached hydrogens (tertiary/aromatic N) is 2. The number of aryl methyl sites for hydroxylation is 2. The Labute approximate surface area is 124 Å². The summed E-state index contributed by atoms with van der Waals surface area (Å²) in [6.07, 6.45) is 2.29. The van der Waals surface area contributed by atoms with Gasteiger partial charge in [0.05, 0.1) is 0 Å². The zero-order chi connectivity index (χ0) is 15.2. The lowest BCUT2D eigenvalue weighted by molar-refractivity contribution is 0.0948. The third-order valence-corrected chi connectivity index (χ3v) is 3.09. The summed E-state index contributed by atoms with van der Waals surface area (Å²) in [6, 6.07) is 7.82. The van der Waals surface area contributed by atoms with Gasteiger partial charge in [0.2, 0.25) is 0 Å². The minimum Gasteiger partial charge on any atom is -0.351 e. The Morgan fingerprint density at radius 3 is 2.76 bits per heavy atom. The second kappa shape index (κ2) is 6.83. The van der Waals surface area contributed by atoms with Crippen LogP contribution >= 0.6 is 0 Å². The lowest BCUT2D eigenvalue weighted by Gasteiger charge is -2.10. The van der Waals surface area contributed by atoms with E-state index in [-0.39, 0.29) is 5.91 Å². The van der Waals surface area contributed by atoms with Gasteiger partial charge in [-0.1, -0.05) is 19.1 Å². The zero-order valence-electron chi connectivity index (χ0n) is 12.6. The van der Waals surface area contributed by atoms with E-state index in [1.54, 1.807) is 6.07 Å². The molecule has 1 aromatic heterocycles. The Kier molecular flexibility index (Phi) is 4.87. The van der Waals surface area contributed by atoms with Gasteiger partial charge in [-0.15, -0.1) is 0 Å². The summed E-state index contributed by atoms with van der Waals surface area (Å²) >= 11 is 0. The van der Waals surface area contributed by atoms with Crippen LogP contribution in [0, 0.1) is 13.8 Å². The number of carbonyl (C=O) groups excluding carboxylic acids is 1. The van der Waals surface area contributed by atoms with E-state index in [1.807, 2.05) is 32.9 Å². The number of benzene rings is 1. The second-order valence-corrected chi connectivity index (χ2v) is 4.99. The third-order valence-electron chi connectivity index (χ3n) is 3.09. The number of rotatable bonds is 5. The number of amides is 1. The molecule has 0 aliphatic carbocycles. The van der Waals surface area contributed by atoms with Crippen molar-refractivity contribution in [3.05, 3.63) is 47.4 Å². The Morgan fingerprint density at radius 1 is 1.19 bits per heavy atom. The molecule has 0 fully saturated rings. The van der Waals surface area contributed by atoms with Crippen molar-refractivity contribution in [2.24, 2.45) is 0 Å². The maximum Gasteiger partial charge on any atom is 0.270 e. The predicted octanol–water partition coefficient (Wildman–Crippen LogP) is 2.98. The monoisotopic (exact) mass is 284 g/mol. The minimum absolute atomic E-state index is 0.178. The molecule has 0 saturated carbocycles. The number of anilines is 2. The van der Waals surface area contributed by atoms with Crippen LogP contribution in [0.15, 0.2) is 30.6 Å². The first-order valence-corrected chi connectivity index (χ1v) is 7.04. The van der Waals surface area contributed by atoms with Crippen molar-refractivity contribution in [1.82, 2.24) is 15.3 Å². The lowest BCUT2D eigenvalue weighted by Crippen LogP contribution is -2.25. The first kappa shape index (κ1) is 15.0. The van der Waals surface area contributed by atoms with Crippen LogP contribution in [0.2, 0.25) is 0 Å². The third kappa shape index (κ3) is 4.02. The maximum absolute atomic E-state index is 11.9. The molecule has 110 valence electrons. The van der Waals surface area contributed by atoms with Gasteiger partial charge in [0.15, 0.2) is 0 Å². The van der Waals surface area contributed by atoms with E-state index in [0.29, 0.717) is 18.1 Å². The largest absolute Gasteiger partial charge is 0.351 e. The Balaban J connectivity index is 2.17. The van der Waals surface area contributed by atoms with Gasteiger partial charge in [-0.2, -0.15) is 0 Å². The fraction of sp³-hybridized carbons (Fsp3) is 0.312. The SMILES string of the molecule is CCCNC(=O)c1cc(Nc2cc(C)ccc2C)ncn1. The molecule has 0 aliphatic rings. The molecule has 5 heteroatoms. The Morgan fingerprint density at radius 2 is 2.00 bits per heavy atom. The molecular weight excluding hydrogens is 264 g/mol. The fourth-order valence-electron chi connectivity index (χ4n) is 1.89. The van der Waals surface area contributed by atoms with Crippen molar-refractivity contribution in [2.45, 2.75) is 27.2 Å². The molecule has 2 aromatic rings. The van der Waals surface area contributed by atoms with Gasteiger partial charge in [-0.05, 0) is 37.5 Å². The molecule has 0 saturated heterocycles. The summed E-state index contributed by atoms with van der Waals surface area (Å²) in [7, 11) is 0. The van der Waals surface area contributed by atoms with Crippen molar-refractivity contribution in [1.29, 1.82) is 0 Å². The minimum atomic E-state index is -0.178. The first-order valence-electron chi connectivity index (χ1n) is 7.04. The normalized spacial score (nSPS) is 10.2. The molecule has 1 amide bonds. The molecule has 5 nitrogen and oxygen atoms in total. The van der Waals surface area contributed by atoms with Crippen LogP contribution in [0.4, 0.5) is 11.5 Å². The number of hydrogen-bond acceptors (Lipinski definition) is 4. The van der Waals surface area contributed by atoms with Crippen molar-refractivity contribution < 1.29 is 4.79 Å². The quantitative estimate of drug-likeness (QED) is 0.885. The molecule has 21 heavy (non-hydrogen) atoms. The second-order valence-electron chi connectivity index (χ2n) is 4.99. The van der Waals surface area contributed by atoms with Crippen LogP contribution in [0.1, 0.15) is 35.0 Å². The van der Waals surface area contributed by atoms with E-state index in [9.17, 15) is 4.79 Å². The highest BCUT2D eigenvalue weighted by Crippen LogP contribution is 2.20. The van der Waals surface area contributed by atoms with E-state index in [4.69, 9.17) is 0 Å². The molecule has 0 radical (unpaired) electrons. The summed E-state index contributed by atoms with van der Waals surface area (Å²) < 4.78 is 0. The smallest absolute Gasteiger partial charge is 0.270 e. The van der Waals surface area contributed by atoms with Gasteiger partial charge in [0, 0.05) is 18.3 Å². The average Bonchev–Trinajstić information content (AvgIpc) is 2.49. The average molecular weight is 284 g/mol. The number of nitrogens with one attached hydrogen (secondary N) is 2. The van der Waals surface area contributed by atoms with Crippen LogP contribution in [-0.4, -0.2) is 22.4 Å². The van der Waals surface area contributed by atoms with Crippen LogP contribution in [0.5, 0.6) is 0 Å². The van der Waals surface area contributed by atoms with E-state index in [2.05, 4.69) is 26.7 Å². The molecule has 0 aliphatic heterocycles. The number of aromatic nitrogens is 2. The molecule has 0 atom stereocenters. The van der Waals surface area contributed by atoms with Crippen LogP contribution in [0.3, 0.4) is 0 Å². The standard InChI is InChI=1S/C16H20N4O/c1-4-7-17-16(21)14-9-15(19-10-18-14)20-13-8-11(2)5-6-12(13)3/h5-6,8-10H,4,7H2,1-3H3,(H,17,21)(H,18,19,20). The topological polar surface area (TPSA) is 66.9 Å². The van der Waals surface area contributed by atoms with E-state index in [1.165, 1.54) is 6.33 Å². The molecule has 2 rings (SSSR count). The summed E-state index contributed by atoms with van der Waals surface area (Å²) in [5.41, 5.74) is 3.63. The molecule has 1 heterocycles. The van der Waals surface area contributed by atoms with Crippen molar-refractivity contribution >= 4 is 17.4 Å². The molecule has 1 aromatic carbocycles. The number of hydrogen-bond donors (Lipinski definition) is 2. The van der Waals surface area contributed by atoms with Gasteiger partial charge in [0.1, 0.15) is 17.8 Å². The summed E-state index contributed by atoms with van der Waals surface area (Å²) in [5.74, 6) is 0.434. The van der Waals surface area contributed by atoms with Gasteiger partial charge in [-0.3, -0.25) is 4.79 Å².